The molecule has 1 atom stereocenters. The van der Waals surface area contributed by atoms with Crippen molar-refractivity contribution in [1.82, 2.24) is 0 Å². The minimum Gasteiger partial charge on any atom is -0.461 e. The average molecular weight is 321 g/mol. The Morgan fingerprint density at radius 1 is 1.23 bits per heavy atom. The lowest BCUT2D eigenvalue weighted by atomic mass is 10.1. The maximum Gasteiger partial charge on any atom is 0.573 e. The molecule has 1 aromatic rings. The molecule has 2 N–H and O–H groups in total. The Hall–Kier alpha value is -1.76. The van der Waals surface area contributed by atoms with Gasteiger partial charge in [-0.3, -0.25) is 4.79 Å². The van der Waals surface area contributed by atoms with Gasteiger partial charge in [-0.1, -0.05) is 32.4 Å². The molecule has 0 aliphatic heterocycles. The third-order valence-corrected chi connectivity index (χ3v) is 2.18. The lowest BCUT2D eigenvalue weighted by molar-refractivity contribution is -0.274. The molecule has 7 heteroatoms. The van der Waals surface area contributed by atoms with Crippen LogP contribution < -0.4 is 10.5 Å². The van der Waals surface area contributed by atoms with Crippen molar-refractivity contribution in [1.29, 1.82) is 0 Å². The zero-order valence-corrected chi connectivity index (χ0v) is 12.9. The van der Waals surface area contributed by atoms with E-state index in [2.05, 4.69) is 18.6 Å². The van der Waals surface area contributed by atoms with Gasteiger partial charge in [0.2, 0.25) is 0 Å². The van der Waals surface area contributed by atoms with E-state index in [1.54, 1.807) is 6.92 Å². The van der Waals surface area contributed by atoms with Crippen molar-refractivity contribution in [3.05, 3.63) is 29.8 Å². The standard InChI is InChI=1S/C12H14F3NO3.C3H8/c1-8(18-11(17)7-16)6-9-2-4-10(5-3-9)19-12(13,14)15;1-3-2/h2-5,8H,6-7,16H2,1H3;3H2,1-2H3. The van der Waals surface area contributed by atoms with Gasteiger partial charge in [-0.05, 0) is 24.6 Å². The predicted molar refractivity (Wildman–Crippen MR) is 77.4 cm³/mol. The molecule has 0 bridgehead atoms. The molecule has 0 fully saturated rings. The Morgan fingerprint density at radius 3 is 2.14 bits per heavy atom. The quantitative estimate of drug-likeness (QED) is 0.844. The van der Waals surface area contributed by atoms with Gasteiger partial charge in [-0.2, -0.15) is 0 Å². The van der Waals surface area contributed by atoms with Crippen molar-refractivity contribution in [3.63, 3.8) is 0 Å². The first-order valence-electron chi connectivity index (χ1n) is 6.96. The minimum atomic E-state index is -4.70. The van der Waals surface area contributed by atoms with Crippen molar-refractivity contribution in [3.8, 4) is 5.75 Å². The summed E-state index contributed by atoms with van der Waals surface area (Å²) in [6.45, 7) is 5.72. The zero-order chi connectivity index (χ0) is 17.2. The van der Waals surface area contributed by atoms with Gasteiger partial charge in [0.05, 0.1) is 6.54 Å². The number of rotatable bonds is 5. The summed E-state index contributed by atoms with van der Waals surface area (Å²) < 4.78 is 44.5. The van der Waals surface area contributed by atoms with Crippen molar-refractivity contribution in [2.45, 2.75) is 46.1 Å². The van der Waals surface area contributed by atoms with E-state index < -0.39 is 18.4 Å². The van der Waals surface area contributed by atoms with E-state index in [1.807, 2.05) is 0 Å². The average Bonchev–Trinajstić information content (AvgIpc) is 2.40. The highest BCUT2D eigenvalue weighted by molar-refractivity contribution is 5.71. The maximum atomic E-state index is 11.9. The Kier molecular flexibility index (Phi) is 9.24. The molecule has 0 heterocycles. The monoisotopic (exact) mass is 321 g/mol. The number of carbonyl (C=O) groups excluding carboxylic acids is 1. The summed E-state index contributed by atoms with van der Waals surface area (Å²) in [5.41, 5.74) is 5.82. The van der Waals surface area contributed by atoms with Crippen LogP contribution in [0, 0.1) is 0 Å². The topological polar surface area (TPSA) is 61.5 Å². The molecule has 0 saturated heterocycles. The van der Waals surface area contributed by atoms with E-state index in [9.17, 15) is 18.0 Å². The summed E-state index contributed by atoms with van der Waals surface area (Å²) in [7, 11) is 0. The van der Waals surface area contributed by atoms with E-state index >= 15 is 0 Å². The lowest BCUT2D eigenvalue weighted by Crippen LogP contribution is -2.23. The number of esters is 1. The highest BCUT2D eigenvalue weighted by Gasteiger charge is 2.30. The zero-order valence-electron chi connectivity index (χ0n) is 12.9. The Balaban J connectivity index is 0.00000135. The minimum absolute atomic E-state index is 0.206. The summed E-state index contributed by atoms with van der Waals surface area (Å²) in [5.74, 6) is -0.813. The van der Waals surface area contributed by atoms with Crippen LogP contribution in [0.3, 0.4) is 0 Å². The second-order valence-corrected chi connectivity index (χ2v) is 4.61. The van der Waals surface area contributed by atoms with Gasteiger partial charge in [0.15, 0.2) is 0 Å². The molecule has 1 aromatic carbocycles. The summed E-state index contributed by atoms with van der Waals surface area (Å²) in [6.07, 6.45) is -3.46. The molecule has 0 saturated carbocycles. The molecule has 1 unspecified atom stereocenters. The molecule has 22 heavy (non-hydrogen) atoms. The molecule has 0 spiro atoms. The van der Waals surface area contributed by atoms with Crippen molar-refractivity contribution >= 4 is 5.97 Å². The number of alkyl halides is 3. The van der Waals surface area contributed by atoms with Crippen LogP contribution in [0.25, 0.3) is 0 Å². The van der Waals surface area contributed by atoms with Crippen molar-refractivity contribution in [2.24, 2.45) is 5.73 Å². The van der Waals surface area contributed by atoms with Crippen LogP contribution in [0.1, 0.15) is 32.8 Å². The van der Waals surface area contributed by atoms with Gasteiger partial charge in [0.1, 0.15) is 11.9 Å². The summed E-state index contributed by atoms with van der Waals surface area (Å²) in [4.78, 5) is 10.9. The number of hydrogen-bond acceptors (Lipinski definition) is 4. The van der Waals surface area contributed by atoms with Crippen molar-refractivity contribution < 1.29 is 27.4 Å². The van der Waals surface area contributed by atoms with E-state index in [0.717, 1.165) is 5.56 Å². The van der Waals surface area contributed by atoms with Crippen LogP contribution in [0.4, 0.5) is 13.2 Å². The fraction of sp³-hybridized carbons (Fsp3) is 0.533. The SMILES string of the molecule is CC(Cc1ccc(OC(F)(F)F)cc1)OC(=O)CN.CCC. The molecule has 0 aliphatic carbocycles. The number of hydrogen-bond donors (Lipinski definition) is 1. The first kappa shape index (κ1) is 20.2. The highest BCUT2D eigenvalue weighted by atomic mass is 19.4. The third-order valence-electron chi connectivity index (χ3n) is 2.18. The van der Waals surface area contributed by atoms with Crippen LogP contribution in [0.2, 0.25) is 0 Å². The van der Waals surface area contributed by atoms with Gasteiger partial charge < -0.3 is 15.2 Å². The highest BCUT2D eigenvalue weighted by Crippen LogP contribution is 2.23. The van der Waals surface area contributed by atoms with Gasteiger partial charge in [0.25, 0.3) is 0 Å². The number of benzene rings is 1. The van der Waals surface area contributed by atoms with E-state index in [1.165, 1.54) is 30.7 Å². The first-order chi connectivity index (χ1) is 10.2. The van der Waals surface area contributed by atoms with Gasteiger partial charge in [0, 0.05) is 6.42 Å². The Labute approximate surface area is 128 Å². The first-order valence-corrected chi connectivity index (χ1v) is 6.96. The second kappa shape index (κ2) is 10.0. The number of nitrogens with two attached hydrogens (primary N) is 1. The van der Waals surface area contributed by atoms with E-state index in [-0.39, 0.29) is 12.3 Å². The molecule has 0 amide bonds. The smallest absolute Gasteiger partial charge is 0.461 e. The van der Waals surface area contributed by atoms with E-state index in [4.69, 9.17) is 10.5 Å². The summed E-state index contributed by atoms with van der Waals surface area (Å²) in [5, 5.41) is 0. The van der Waals surface area contributed by atoms with Gasteiger partial charge >= 0.3 is 12.3 Å². The molecular formula is C15H22F3NO3. The van der Waals surface area contributed by atoms with E-state index in [0.29, 0.717) is 6.42 Å². The predicted octanol–water partition coefficient (Wildman–Crippen LogP) is 3.43. The largest absolute Gasteiger partial charge is 0.573 e. The van der Waals surface area contributed by atoms with Crippen LogP contribution in [0.15, 0.2) is 24.3 Å². The third kappa shape index (κ3) is 10.0. The van der Waals surface area contributed by atoms with Crippen LogP contribution in [-0.2, 0) is 16.0 Å². The fourth-order valence-electron chi connectivity index (χ4n) is 1.47. The van der Waals surface area contributed by atoms with Crippen LogP contribution >= 0.6 is 0 Å². The van der Waals surface area contributed by atoms with Crippen LogP contribution in [-0.4, -0.2) is 25.0 Å². The molecule has 0 aromatic heterocycles. The molecule has 0 aliphatic rings. The lowest BCUT2D eigenvalue weighted by Gasteiger charge is -2.13. The van der Waals surface area contributed by atoms with Gasteiger partial charge in [-0.15, -0.1) is 13.2 Å². The normalized spacial score (nSPS) is 12.0. The summed E-state index contributed by atoms with van der Waals surface area (Å²) in [6, 6.07) is 5.38. The molecule has 4 nitrogen and oxygen atoms in total. The molecule has 1 rings (SSSR count). The Morgan fingerprint density at radius 2 is 1.73 bits per heavy atom. The maximum absolute atomic E-state index is 11.9. The number of carbonyl (C=O) groups is 1. The molecule has 0 radical (unpaired) electrons. The van der Waals surface area contributed by atoms with Gasteiger partial charge in [-0.25, -0.2) is 0 Å². The second-order valence-electron chi connectivity index (χ2n) is 4.61. The molecular weight excluding hydrogens is 299 g/mol. The summed E-state index contributed by atoms with van der Waals surface area (Å²) >= 11 is 0. The van der Waals surface area contributed by atoms with Crippen LogP contribution in [0.5, 0.6) is 5.75 Å². The fourth-order valence-corrected chi connectivity index (χ4v) is 1.47. The molecule has 126 valence electrons. The number of halogens is 3. The van der Waals surface area contributed by atoms with Crippen molar-refractivity contribution in [2.75, 3.05) is 6.54 Å². The number of ether oxygens (including phenoxy) is 2. The Bertz CT molecular complexity index is 433.